The van der Waals surface area contributed by atoms with Gasteiger partial charge in [0.15, 0.2) is 5.82 Å². The Morgan fingerprint density at radius 1 is 1.50 bits per heavy atom. The van der Waals surface area contributed by atoms with E-state index in [1.807, 2.05) is 19.9 Å². The Morgan fingerprint density at radius 3 is 2.94 bits per heavy atom. The Morgan fingerprint density at radius 2 is 2.28 bits per heavy atom. The number of nitrogens with zero attached hydrogens (tertiary/aromatic N) is 2. The van der Waals surface area contributed by atoms with Crippen molar-refractivity contribution in [1.82, 2.24) is 4.98 Å². The number of hydrogen-bond donors (Lipinski definition) is 2. The van der Waals surface area contributed by atoms with Gasteiger partial charge in [0.1, 0.15) is 6.07 Å². The molecule has 0 aliphatic rings. The van der Waals surface area contributed by atoms with E-state index in [1.165, 1.54) is 0 Å². The Balaban J connectivity index is 2.30. The summed E-state index contributed by atoms with van der Waals surface area (Å²) in [6, 6.07) is 3.64. The summed E-state index contributed by atoms with van der Waals surface area (Å²) in [5.41, 5.74) is 6.67. The van der Waals surface area contributed by atoms with Crippen molar-refractivity contribution < 1.29 is 4.74 Å². The lowest BCUT2D eigenvalue weighted by Crippen LogP contribution is -2.09. The van der Waals surface area contributed by atoms with Gasteiger partial charge in [0.05, 0.1) is 17.4 Å². The fraction of sp³-hybridized carbons (Fsp3) is 0.538. The minimum absolute atomic E-state index is 0.280. The maximum atomic E-state index is 8.83. The van der Waals surface area contributed by atoms with Gasteiger partial charge in [0.25, 0.3) is 0 Å². The molecule has 3 N–H and O–H groups in total. The number of ether oxygens (including phenoxy) is 1. The van der Waals surface area contributed by atoms with E-state index in [-0.39, 0.29) is 6.10 Å². The number of hydrogen-bond acceptors (Lipinski definition) is 5. The van der Waals surface area contributed by atoms with E-state index in [0.717, 1.165) is 26.0 Å². The van der Waals surface area contributed by atoms with Gasteiger partial charge in [-0.3, -0.25) is 0 Å². The van der Waals surface area contributed by atoms with Crippen LogP contribution in [0.15, 0.2) is 12.3 Å². The molecule has 5 heteroatoms. The molecule has 5 nitrogen and oxygen atoms in total. The van der Waals surface area contributed by atoms with Crippen molar-refractivity contribution in [2.45, 2.75) is 32.8 Å². The van der Waals surface area contributed by atoms with Gasteiger partial charge < -0.3 is 15.8 Å². The average Bonchev–Trinajstić information content (AvgIpc) is 2.35. The molecule has 0 spiro atoms. The molecule has 0 bridgehead atoms. The number of nitrogen functional groups attached to an aromatic ring is 1. The highest BCUT2D eigenvalue weighted by molar-refractivity contribution is 5.68. The van der Waals surface area contributed by atoms with Crippen molar-refractivity contribution in [3.05, 3.63) is 17.8 Å². The number of aromatic nitrogens is 1. The largest absolute Gasteiger partial charge is 0.395 e. The van der Waals surface area contributed by atoms with Gasteiger partial charge in [-0.15, -0.1) is 0 Å². The summed E-state index contributed by atoms with van der Waals surface area (Å²) in [5.74, 6) is 0.582. The molecule has 18 heavy (non-hydrogen) atoms. The van der Waals surface area contributed by atoms with Crippen LogP contribution in [0.25, 0.3) is 0 Å². The lowest BCUT2D eigenvalue weighted by molar-refractivity contribution is 0.0765. The number of nitrogens with one attached hydrogen (secondary N) is 1. The zero-order valence-electron chi connectivity index (χ0n) is 10.9. The summed E-state index contributed by atoms with van der Waals surface area (Å²) in [7, 11) is 0. The summed E-state index contributed by atoms with van der Waals surface area (Å²) >= 11 is 0. The van der Waals surface area contributed by atoms with Gasteiger partial charge in [-0.05, 0) is 32.8 Å². The van der Waals surface area contributed by atoms with Crippen molar-refractivity contribution in [2.75, 3.05) is 24.2 Å². The number of anilines is 2. The monoisotopic (exact) mass is 248 g/mol. The molecule has 1 aromatic rings. The van der Waals surface area contributed by atoms with Crippen LogP contribution in [0.2, 0.25) is 0 Å². The van der Waals surface area contributed by atoms with E-state index in [4.69, 9.17) is 15.7 Å². The normalized spacial score (nSPS) is 10.3. The van der Waals surface area contributed by atoms with Gasteiger partial charge in [-0.2, -0.15) is 5.26 Å². The molecule has 0 amide bonds. The average molecular weight is 248 g/mol. The van der Waals surface area contributed by atoms with E-state index < -0.39 is 0 Å². The summed E-state index contributed by atoms with van der Waals surface area (Å²) in [6.07, 6.45) is 3.83. The second-order valence-electron chi connectivity index (χ2n) is 4.29. The molecule has 0 fully saturated rings. The molecule has 0 aromatic carbocycles. The summed E-state index contributed by atoms with van der Waals surface area (Å²) in [6.45, 7) is 5.58. The van der Waals surface area contributed by atoms with Crippen LogP contribution in [0.3, 0.4) is 0 Å². The molecule has 0 unspecified atom stereocenters. The van der Waals surface area contributed by atoms with Crippen LogP contribution in [0.1, 0.15) is 32.3 Å². The van der Waals surface area contributed by atoms with Crippen LogP contribution in [0.5, 0.6) is 0 Å². The van der Waals surface area contributed by atoms with Gasteiger partial charge in [-0.25, -0.2) is 4.98 Å². The molecule has 0 aliphatic carbocycles. The second kappa shape index (κ2) is 7.51. The SMILES string of the molecule is CC(C)OCCCCNc1nccc(C#N)c1N. The van der Waals surface area contributed by atoms with Gasteiger partial charge >= 0.3 is 0 Å². The maximum absolute atomic E-state index is 8.83. The standard InChI is InChI=1S/C13H20N4O/c1-10(2)18-8-4-3-6-16-13-12(15)11(9-14)5-7-17-13/h5,7,10H,3-4,6,8,15H2,1-2H3,(H,16,17). The van der Waals surface area contributed by atoms with Crippen molar-refractivity contribution in [1.29, 1.82) is 5.26 Å². The van der Waals surface area contributed by atoms with Crippen molar-refractivity contribution in [3.63, 3.8) is 0 Å². The molecular formula is C13H20N4O. The molecule has 1 rings (SSSR count). The predicted molar refractivity (Wildman–Crippen MR) is 72.2 cm³/mol. The Bertz CT molecular complexity index is 412. The second-order valence-corrected chi connectivity index (χ2v) is 4.29. The predicted octanol–water partition coefficient (Wildman–Crippen LogP) is 2.15. The van der Waals surface area contributed by atoms with Gasteiger partial charge in [-0.1, -0.05) is 0 Å². The Hall–Kier alpha value is -1.80. The van der Waals surface area contributed by atoms with E-state index in [2.05, 4.69) is 10.3 Å². The summed E-state index contributed by atoms with van der Waals surface area (Å²) in [5, 5.41) is 12.0. The Kier molecular flexibility index (Phi) is 5.95. The molecule has 0 radical (unpaired) electrons. The topological polar surface area (TPSA) is 84.0 Å². The summed E-state index contributed by atoms with van der Waals surface area (Å²) in [4.78, 5) is 4.11. The minimum atomic E-state index is 0.280. The lowest BCUT2D eigenvalue weighted by atomic mass is 10.2. The highest BCUT2D eigenvalue weighted by Crippen LogP contribution is 2.18. The van der Waals surface area contributed by atoms with Crippen LogP contribution in [0, 0.1) is 11.3 Å². The fourth-order valence-electron chi connectivity index (χ4n) is 1.46. The third-order valence-corrected chi connectivity index (χ3v) is 2.43. The first-order valence-corrected chi connectivity index (χ1v) is 6.15. The third kappa shape index (κ3) is 4.60. The molecule has 1 heterocycles. The third-order valence-electron chi connectivity index (χ3n) is 2.43. The highest BCUT2D eigenvalue weighted by Gasteiger charge is 2.04. The van der Waals surface area contributed by atoms with E-state index in [0.29, 0.717) is 17.1 Å². The molecule has 1 aromatic heterocycles. The molecule has 0 atom stereocenters. The Labute approximate surface area is 108 Å². The highest BCUT2D eigenvalue weighted by atomic mass is 16.5. The molecule has 0 aliphatic heterocycles. The van der Waals surface area contributed by atoms with Crippen molar-refractivity contribution >= 4 is 11.5 Å². The molecular weight excluding hydrogens is 228 g/mol. The van der Waals surface area contributed by atoms with Gasteiger partial charge in [0, 0.05) is 19.3 Å². The zero-order valence-corrected chi connectivity index (χ0v) is 10.9. The van der Waals surface area contributed by atoms with Crippen LogP contribution in [0.4, 0.5) is 11.5 Å². The smallest absolute Gasteiger partial charge is 0.150 e. The maximum Gasteiger partial charge on any atom is 0.150 e. The summed E-state index contributed by atoms with van der Waals surface area (Å²) < 4.78 is 5.44. The molecule has 98 valence electrons. The van der Waals surface area contributed by atoms with E-state index in [1.54, 1.807) is 12.3 Å². The first-order valence-electron chi connectivity index (χ1n) is 6.15. The number of nitrogens with two attached hydrogens (primary N) is 1. The number of nitriles is 1. The minimum Gasteiger partial charge on any atom is -0.395 e. The van der Waals surface area contributed by atoms with E-state index >= 15 is 0 Å². The number of pyridine rings is 1. The van der Waals surface area contributed by atoms with Crippen molar-refractivity contribution in [3.8, 4) is 6.07 Å². The fourth-order valence-corrected chi connectivity index (χ4v) is 1.46. The van der Waals surface area contributed by atoms with Crippen molar-refractivity contribution in [2.24, 2.45) is 0 Å². The van der Waals surface area contributed by atoms with Crippen LogP contribution in [-0.4, -0.2) is 24.2 Å². The van der Waals surface area contributed by atoms with Gasteiger partial charge in [0.2, 0.25) is 0 Å². The van der Waals surface area contributed by atoms with E-state index in [9.17, 15) is 0 Å². The molecule has 0 saturated heterocycles. The zero-order chi connectivity index (χ0) is 13.4. The number of rotatable bonds is 7. The molecule has 0 saturated carbocycles. The first kappa shape index (κ1) is 14.3. The lowest BCUT2D eigenvalue weighted by Gasteiger charge is -2.10. The van der Waals surface area contributed by atoms with Crippen LogP contribution in [-0.2, 0) is 4.74 Å². The first-order chi connectivity index (χ1) is 8.65. The van der Waals surface area contributed by atoms with Crippen LogP contribution < -0.4 is 11.1 Å². The number of unbranched alkanes of at least 4 members (excludes halogenated alkanes) is 1. The quantitative estimate of drug-likeness (QED) is 0.722. The van der Waals surface area contributed by atoms with Crippen LogP contribution >= 0.6 is 0 Å².